The van der Waals surface area contributed by atoms with E-state index in [1.165, 1.54) is 0 Å². The number of carbonyl (C=O) groups excluding carboxylic acids is 6. The molecule has 248 valence electrons. The number of rotatable bonds is 22. The molecule has 3 amide bonds. The fourth-order valence-corrected chi connectivity index (χ4v) is 3.24. The predicted octanol–water partition coefficient (Wildman–Crippen LogP) is 0.976. The van der Waals surface area contributed by atoms with Crippen LogP contribution in [0.3, 0.4) is 0 Å². The number of hydrogen-bond donors (Lipinski definition) is 3. The number of esters is 2. The zero-order valence-electron chi connectivity index (χ0n) is 26.8. The number of amides is 3. The van der Waals surface area contributed by atoms with E-state index in [0.29, 0.717) is 26.0 Å². The lowest BCUT2D eigenvalue weighted by Crippen LogP contribution is -2.45. The first-order valence-electron chi connectivity index (χ1n) is 14.5. The highest BCUT2D eigenvalue weighted by molar-refractivity contribution is 5.96. The van der Waals surface area contributed by atoms with Gasteiger partial charge in [-0.3, -0.25) is 24.0 Å². The van der Waals surface area contributed by atoms with Crippen LogP contribution in [-0.4, -0.2) is 105 Å². The molecule has 43 heavy (non-hydrogen) atoms. The Morgan fingerprint density at radius 3 is 1.93 bits per heavy atom. The van der Waals surface area contributed by atoms with Crippen molar-refractivity contribution in [2.24, 2.45) is 0 Å². The van der Waals surface area contributed by atoms with Crippen molar-refractivity contribution in [1.29, 1.82) is 0 Å². The molecule has 0 saturated carbocycles. The Balaban J connectivity index is 4.24. The number of ether oxygens (including phenoxy) is 5. The Morgan fingerprint density at radius 1 is 0.674 bits per heavy atom. The Bertz CT molecular complexity index is 895. The van der Waals surface area contributed by atoms with Gasteiger partial charge in [0.25, 0.3) is 0 Å². The minimum absolute atomic E-state index is 0.00804. The van der Waals surface area contributed by atoms with Crippen LogP contribution in [-0.2, 0) is 52.5 Å². The highest BCUT2D eigenvalue weighted by atomic mass is 16.6. The molecule has 0 fully saturated rings. The standard InChI is InChI=1S/C29H51N3O11/c1-8-39-19-21(33)10-9-13-30-25(36)20-41-17-16-40-15-14-31-23(34)12-11-22(27(38)43-29(5,6)7)32-24(35)18-26(37)42-28(2,3)4/h22H,8-20H2,1-7H3,(H,30,36)(H,31,34)(H,32,35)/t22-/m0/s1. The Kier molecular flexibility index (Phi) is 20.0. The molecule has 14 heteroatoms. The predicted molar refractivity (Wildman–Crippen MR) is 156 cm³/mol. The zero-order chi connectivity index (χ0) is 32.9. The van der Waals surface area contributed by atoms with Crippen LogP contribution >= 0.6 is 0 Å². The topological polar surface area (TPSA) is 185 Å². The second kappa shape index (κ2) is 21.6. The van der Waals surface area contributed by atoms with Crippen LogP contribution in [0.5, 0.6) is 0 Å². The summed E-state index contributed by atoms with van der Waals surface area (Å²) < 4.78 is 26.1. The Morgan fingerprint density at radius 2 is 1.30 bits per heavy atom. The zero-order valence-corrected chi connectivity index (χ0v) is 26.8. The molecule has 0 bridgehead atoms. The minimum atomic E-state index is -1.13. The van der Waals surface area contributed by atoms with Gasteiger partial charge >= 0.3 is 11.9 Å². The van der Waals surface area contributed by atoms with Gasteiger partial charge in [0.05, 0.1) is 19.8 Å². The molecule has 0 unspecified atom stereocenters. The number of nitrogens with one attached hydrogen (secondary N) is 3. The van der Waals surface area contributed by atoms with Crippen molar-refractivity contribution in [2.45, 2.75) is 97.8 Å². The molecular weight excluding hydrogens is 566 g/mol. The third-order valence-electron chi connectivity index (χ3n) is 5.01. The number of hydrogen-bond acceptors (Lipinski definition) is 11. The molecule has 0 aliphatic rings. The molecule has 0 rings (SSSR count). The first kappa shape index (κ1) is 39.9. The van der Waals surface area contributed by atoms with Gasteiger partial charge in [0.15, 0.2) is 5.78 Å². The van der Waals surface area contributed by atoms with Crippen molar-refractivity contribution < 1.29 is 52.5 Å². The van der Waals surface area contributed by atoms with E-state index in [4.69, 9.17) is 23.7 Å². The molecule has 3 N–H and O–H groups in total. The van der Waals surface area contributed by atoms with Crippen LogP contribution in [0.25, 0.3) is 0 Å². The molecule has 0 aromatic heterocycles. The maximum Gasteiger partial charge on any atom is 0.329 e. The summed E-state index contributed by atoms with van der Waals surface area (Å²) in [5, 5.41) is 7.78. The average molecular weight is 618 g/mol. The van der Waals surface area contributed by atoms with Crippen molar-refractivity contribution in [3.05, 3.63) is 0 Å². The SMILES string of the molecule is CCOCC(=O)CCCNC(=O)COCCOCCNC(=O)CC[C@H](NC(=O)CC(=O)OC(C)(C)C)C(=O)OC(C)(C)C. The van der Waals surface area contributed by atoms with E-state index in [0.717, 1.165) is 0 Å². The van der Waals surface area contributed by atoms with Gasteiger partial charge in [0, 0.05) is 32.5 Å². The maximum atomic E-state index is 12.6. The first-order valence-corrected chi connectivity index (χ1v) is 14.5. The molecule has 0 aliphatic carbocycles. The van der Waals surface area contributed by atoms with E-state index in [1.807, 2.05) is 6.92 Å². The summed E-state index contributed by atoms with van der Waals surface area (Å²) in [7, 11) is 0. The van der Waals surface area contributed by atoms with Crippen LogP contribution < -0.4 is 16.0 Å². The minimum Gasteiger partial charge on any atom is -0.460 e. The van der Waals surface area contributed by atoms with E-state index in [-0.39, 0.29) is 70.0 Å². The fourth-order valence-electron chi connectivity index (χ4n) is 3.24. The Hall–Kier alpha value is -3.10. The quantitative estimate of drug-likeness (QED) is 0.0894. The third kappa shape index (κ3) is 25.1. The summed E-state index contributed by atoms with van der Waals surface area (Å²) >= 11 is 0. The molecular formula is C29H51N3O11. The third-order valence-corrected chi connectivity index (χ3v) is 5.01. The molecule has 0 aromatic rings. The lowest BCUT2D eigenvalue weighted by molar-refractivity contribution is -0.161. The van der Waals surface area contributed by atoms with Crippen LogP contribution in [0, 0.1) is 0 Å². The number of carbonyl (C=O) groups is 6. The van der Waals surface area contributed by atoms with Gasteiger partial charge in [-0.2, -0.15) is 0 Å². The van der Waals surface area contributed by atoms with E-state index >= 15 is 0 Å². The van der Waals surface area contributed by atoms with Crippen molar-refractivity contribution in [2.75, 3.05) is 52.7 Å². The second-order valence-electron chi connectivity index (χ2n) is 11.6. The highest BCUT2D eigenvalue weighted by Crippen LogP contribution is 2.12. The van der Waals surface area contributed by atoms with Crippen molar-refractivity contribution in [3.8, 4) is 0 Å². The van der Waals surface area contributed by atoms with E-state index in [9.17, 15) is 28.8 Å². The van der Waals surface area contributed by atoms with Gasteiger partial charge in [-0.15, -0.1) is 0 Å². The van der Waals surface area contributed by atoms with Crippen LogP contribution in [0.15, 0.2) is 0 Å². The Labute approximate surface area is 254 Å². The van der Waals surface area contributed by atoms with Crippen molar-refractivity contribution >= 4 is 35.4 Å². The second-order valence-corrected chi connectivity index (χ2v) is 11.6. The van der Waals surface area contributed by atoms with Gasteiger partial charge in [-0.1, -0.05) is 0 Å². The van der Waals surface area contributed by atoms with Crippen LogP contribution in [0.2, 0.25) is 0 Å². The molecule has 0 radical (unpaired) electrons. The van der Waals surface area contributed by atoms with Crippen molar-refractivity contribution in [3.63, 3.8) is 0 Å². The van der Waals surface area contributed by atoms with Crippen LogP contribution in [0.4, 0.5) is 0 Å². The summed E-state index contributed by atoms with van der Waals surface area (Å²) in [4.78, 5) is 72.4. The largest absolute Gasteiger partial charge is 0.460 e. The molecule has 0 saturated heterocycles. The number of ketones is 1. The molecule has 14 nitrogen and oxygen atoms in total. The van der Waals surface area contributed by atoms with Gasteiger partial charge in [-0.25, -0.2) is 4.79 Å². The summed E-state index contributed by atoms with van der Waals surface area (Å²) in [5.74, 6) is -2.85. The van der Waals surface area contributed by atoms with Gasteiger partial charge in [0.2, 0.25) is 17.7 Å². The van der Waals surface area contributed by atoms with Gasteiger partial charge in [0.1, 0.15) is 36.9 Å². The summed E-state index contributed by atoms with van der Waals surface area (Å²) in [6.07, 6.45) is 0.155. The lowest BCUT2D eigenvalue weighted by Gasteiger charge is -2.25. The van der Waals surface area contributed by atoms with Gasteiger partial charge < -0.3 is 39.6 Å². The van der Waals surface area contributed by atoms with Crippen molar-refractivity contribution in [1.82, 2.24) is 16.0 Å². The normalized spacial score (nSPS) is 12.2. The molecule has 0 heterocycles. The monoisotopic (exact) mass is 617 g/mol. The summed E-state index contributed by atoms with van der Waals surface area (Å²) in [6.45, 7) is 13.4. The smallest absolute Gasteiger partial charge is 0.329 e. The van der Waals surface area contributed by atoms with Crippen LogP contribution in [0.1, 0.15) is 80.6 Å². The van der Waals surface area contributed by atoms with Gasteiger partial charge in [-0.05, 0) is 61.3 Å². The lowest BCUT2D eigenvalue weighted by atomic mass is 10.1. The fraction of sp³-hybridized carbons (Fsp3) is 0.793. The molecule has 0 aromatic carbocycles. The summed E-state index contributed by atoms with van der Waals surface area (Å²) in [6, 6.07) is -1.13. The van der Waals surface area contributed by atoms with E-state index in [1.54, 1.807) is 41.5 Å². The van der Waals surface area contributed by atoms with E-state index < -0.39 is 41.5 Å². The molecule has 0 spiro atoms. The molecule has 1 atom stereocenters. The van der Waals surface area contributed by atoms with E-state index in [2.05, 4.69) is 16.0 Å². The average Bonchev–Trinajstić information content (AvgIpc) is 2.86. The number of Topliss-reactive ketones (excluding diaryl/α,β-unsaturated/α-hetero) is 1. The molecule has 0 aliphatic heterocycles. The summed E-state index contributed by atoms with van der Waals surface area (Å²) in [5.41, 5.74) is -1.58. The maximum absolute atomic E-state index is 12.6. The first-order chi connectivity index (χ1) is 20.0. The highest BCUT2D eigenvalue weighted by Gasteiger charge is 2.28.